The maximum absolute atomic E-state index is 12.5. The molecule has 1 amide bonds. The number of amides is 1. The van der Waals surface area contributed by atoms with Crippen molar-refractivity contribution in [2.75, 3.05) is 25.1 Å². The van der Waals surface area contributed by atoms with Gasteiger partial charge in [-0.2, -0.15) is 9.97 Å². The third-order valence-electron chi connectivity index (χ3n) is 3.79. The van der Waals surface area contributed by atoms with Crippen LogP contribution in [0.25, 0.3) is 11.2 Å². The predicted octanol–water partition coefficient (Wildman–Crippen LogP) is 0.700. The van der Waals surface area contributed by atoms with Crippen molar-refractivity contribution >= 4 is 34.6 Å². The lowest BCUT2D eigenvalue weighted by atomic mass is 9.79. The van der Waals surface area contributed by atoms with Crippen LogP contribution in [0, 0.1) is 5.41 Å². The van der Waals surface area contributed by atoms with Crippen molar-refractivity contribution in [1.29, 1.82) is 0 Å². The van der Waals surface area contributed by atoms with Crippen molar-refractivity contribution in [3.63, 3.8) is 0 Å². The molecule has 0 radical (unpaired) electrons. The molecule has 0 unspecified atom stereocenters. The van der Waals surface area contributed by atoms with E-state index in [-0.39, 0.29) is 23.6 Å². The average Bonchev–Trinajstić information content (AvgIpc) is 2.97. The molecular formula is C12H15ClN6O2. The number of ether oxygens (including phenoxy) is 1. The summed E-state index contributed by atoms with van der Waals surface area (Å²) in [5.74, 6) is -0.0804. The Labute approximate surface area is 125 Å². The Bertz CT molecular complexity index is 667. The number of nitrogens with two attached hydrogens (primary N) is 1. The summed E-state index contributed by atoms with van der Waals surface area (Å²) in [6.07, 6.45) is 2.62. The van der Waals surface area contributed by atoms with Crippen molar-refractivity contribution in [3.05, 3.63) is 11.5 Å². The van der Waals surface area contributed by atoms with Gasteiger partial charge in [-0.25, -0.2) is 4.98 Å². The lowest BCUT2D eigenvalue weighted by Gasteiger charge is -2.34. The summed E-state index contributed by atoms with van der Waals surface area (Å²) in [5.41, 5.74) is 6.09. The van der Waals surface area contributed by atoms with Crippen LogP contribution in [-0.2, 0) is 9.53 Å². The van der Waals surface area contributed by atoms with E-state index in [1.807, 2.05) is 0 Å². The molecule has 0 saturated carbocycles. The minimum atomic E-state index is -0.644. The van der Waals surface area contributed by atoms with Crippen LogP contribution < -0.4 is 11.1 Å². The number of fused-ring (bicyclic) bond motifs is 1. The van der Waals surface area contributed by atoms with E-state index in [9.17, 15) is 4.79 Å². The van der Waals surface area contributed by atoms with E-state index in [0.29, 0.717) is 37.2 Å². The first kappa shape index (κ1) is 14.2. The molecule has 1 aliphatic heterocycles. The van der Waals surface area contributed by atoms with Crippen LogP contribution in [0.3, 0.4) is 0 Å². The first-order valence-electron chi connectivity index (χ1n) is 6.60. The molecule has 8 nitrogen and oxygen atoms in total. The summed E-state index contributed by atoms with van der Waals surface area (Å²) < 4.78 is 5.29. The highest BCUT2D eigenvalue weighted by molar-refractivity contribution is 6.33. The first-order valence-corrected chi connectivity index (χ1v) is 6.98. The normalized spacial score (nSPS) is 17.8. The van der Waals surface area contributed by atoms with Gasteiger partial charge in [-0.1, -0.05) is 11.6 Å². The molecule has 1 fully saturated rings. The fraction of sp³-hybridized carbons (Fsp3) is 0.500. The molecule has 3 heterocycles. The van der Waals surface area contributed by atoms with Crippen molar-refractivity contribution in [2.24, 2.45) is 11.1 Å². The fourth-order valence-corrected chi connectivity index (χ4v) is 2.59. The molecule has 1 aliphatic rings. The van der Waals surface area contributed by atoms with Crippen LogP contribution in [0.1, 0.15) is 12.8 Å². The lowest BCUT2D eigenvalue weighted by molar-refractivity contribution is -0.130. The second-order valence-electron chi connectivity index (χ2n) is 4.99. The van der Waals surface area contributed by atoms with Crippen LogP contribution in [0.5, 0.6) is 0 Å². The minimum absolute atomic E-state index is 0.129. The third-order valence-corrected chi connectivity index (χ3v) is 4.06. The van der Waals surface area contributed by atoms with E-state index < -0.39 is 5.41 Å². The largest absolute Gasteiger partial charge is 0.381 e. The second-order valence-corrected chi connectivity index (χ2v) is 5.35. The van der Waals surface area contributed by atoms with Gasteiger partial charge in [0.25, 0.3) is 0 Å². The average molecular weight is 311 g/mol. The number of rotatable bonds is 3. The number of halogens is 1. The van der Waals surface area contributed by atoms with Gasteiger partial charge in [0.05, 0.1) is 11.7 Å². The maximum Gasteiger partial charge on any atom is 0.234 e. The topological polar surface area (TPSA) is 119 Å². The molecule has 0 aromatic carbocycles. The highest BCUT2D eigenvalue weighted by Gasteiger charge is 2.39. The Hall–Kier alpha value is -1.77. The first-order chi connectivity index (χ1) is 10.1. The van der Waals surface area contributed by atoms with E-state index in [1.165, 1.54) is 6.33 Å². The Morgan fingerprint density at radius 3 is 2.95 bits per heavy atom. The lowest BCUT2D eigenvalue weighted by Crippen LogP contribution is -2.46. The SMILES string of the molecule is NCC1(C(=O)Nc2nc(Cl)c3[nH]cnc3n2)CCOCC1. The molecule has 0 bridgehead atoms. The zero-order valence-electron chi connectivity index (χ0n) is 11.2. The maximum atomic E-state index is 12.5. The van der Waals surface area contributed by atoms with E-state index in [2.05, 4.69) is 25.3 Å². The molecule has 0 atom stereocenters. The number of carbonyl (C=O) groups excluding carboxylic acids is 1. The molecule has 0 aliphatic carbocycles. The standard InChI is InChI=1S/C12H15ClN6O2/c13-8-7-9(16-6-15-7)18-11(17-8)19-10(20)12(5-14)1-3-21-4-2-12/h6H,1-5,14H2,(H2,15,16,17,18,19,20). The Morgan fingerprint density at radius 1 is 1.48 bits per heavy atom. The van der Waals surface area contributed by atoms with Crippen molar-refractivity contribution in [2.45, 2.75) is 12.8 Å². The summed E-state index contributed by atoms with van der Waals surface area (Å²) in [6.45, 7) is 1.29. The molecule has 112 valence electrons. The summed E-state index contributed by atoms with van der Waals surface area (Å²) in [5, 5.41) is 2.90. The third kappa shape index (κ3) is 2.57. The number of nitrogens with one attached hydrogen (secondary N) is 2. The minimum Gasteiger partial charge on any atom is -0.381 e. The molecule has 1 saturated heterocycles. The number of aromatic amines is 1. The summed E-state index contributed by atoms with van der Waals surface area (Å²) in [7, 11) is 0. The number of imidazole rings is 1. The van der Waals surface area contributed by atoms with Gasteiger partial charge in [-0.3, -0.25) is 10.1 Å². The Morgan fingerprint density at radius 2 is 2.24 bits per heavy atom. The number of H-pyrrole nitrogens is 1. The monoisotopic (exact) mass is 310 g/mol. The van der Waals surface area contributed by atoms with E-state index >= 15 is 0 Å². The van der Waals surface area contributed by atoms with Gasteiger partial charge in [0.1, 0.15) is 5.52 Å². The number of hydrogen-bond acceptors (Lipinski definition) is 6. The van der Waals surface area contributed by atoms with Gasteiger partial charge in [0.15, 0.2) is 10.8 Å². The van der Waals surface area contributed by atoms with Crippen LogP contribution in [0.2, 0.25) is 5.15 Å². The molecular weight excluding hydrogens is 296 g/mol. The highest BCUT2D eigenvalue weighted by atomic mass is 35.5. The number of anilines is 1. The van der Waals surface area contributed by atoms with E-state index in [1.54, 1.807) is 0 Å². The molecule has 2 aromatic rings. The summed E-state index contributed by atoms with van der Waals surface area (Å²) in [6, 6.07) is 0. The van der Waals surface area contributed by atoms with Crippen molar-refractivity contribution < 1.29 is 9.53 Å². The van der Waals surface area contributed by atoms with Gasteiger partial charge in [0.2, 0.25) is 11.9 Å². The van der Waals surface area contributed by atoms with Gasteiger partial charge < -0.3 is 15.5 Å². The van der Waals surface area contributed by atoms with Crippen LogP contribution in [-0.4, -0.2) is 45.6 Å². The van der Waals surface area contributed by atoms with Crippen LogP contribution in [0.15, 0.2) is 6.33 Å². The second kappa shape index (κ2) is 5.55. The molecule has 9 heteroatoms. The van der Waals surface area contributed by atoms with E-state index in [0.717, 1.165) is 0 Å². The number of nitrogens with zero attached hydrogens (tertiary/aromatic N) is 3. The molecule has 2 aromatic heterocycles. The Balaban J connectivity index is 1.85. The predicted molar refractivity (Wildman–Crippen MR) is 76.9 cm³/mol. The van der Waals surface area contributed by atoms with Crippen LogP contribution >= 0.6 is 11.6 Å². The molecule has 0 spiro atoms. The fourth-order valence-electron chi connectivity index (χ4n) is 2.37. The van der Waals surface area contributed by atoms with Gasteiger partial charge in [0, 0.05) is 19.8 Å². The van der Waals surface area contributed by atoms with Gasteiger partial charge >= 0.3 is 0 Å². The van der Waals surface area contributed by atoms with Crippen LogP contribution in [0.4, 0.5) is 5.95 Å². The number of hydrogen-bond donors (Lipinski definition) is 3. The molecule has 21 heavy (non-hydrogen) atoms. The van der Waals surface area contributed by atoms with Gasteiger partial charge in [-0.05, 0) is 12.8 Å². The zero-order valence-corrected chi connectivity index (χ0v) is 12.0. The van der Waals surface area contributed by atoms with E-state index in [4.69, 9.17) is 22.1 Å². The van der Waals surface area contributed by atoms with Gasteiger partial charge in [-0.15, -0.1) is 0 Å². The number of carbonyl (C=O) groups is 1. The number of aromatic nitrogens is 4. The molecule has 3 rings (SSSR count). The zero-order chi connectivity index (χ0) is 14.9. The summed E-state index contributed by atoms with van der Waals surface area (Å²) >= 11 is 6.02. The summed E-state index contributed by atoms with van der Waals surface area (Å²) in [4.78, 5) is 27.6. The van der Waals surface area contributed by atoms with Crippen molar-refractivity contribution in [3.8, 4) is 0 Å². The Kier molecular flexibility index (Phi) is 3.75. The highest BCUT2D eigenvalue weighted by Crippen LogP contribution is 2.30. The smallest absolute Gasteiger partial charge is 0.234 e. The quantitative estimate of drug-likeness (QED) is 0.718. The van der Waals surface area contributed by atoms with Crippen molar-refractivity contribution in [1.82, 2.24) is 19.9 Å². The molecule has 4 N–H and O–H groups in total.